The molecule has 1 heterocycles. The number of aliphatic carboxylic acids is 1. The number of aromatic nitrogens is 2. The maximum Gasteiger partial charge on any atom is 0.416 e. The second-order valence-electron chi connectivity index (χ2n) is 6.54. The van der Waals surface area contributed by atoms with Gasteiger partial charge in [-0.15, -0.1) is 0 Å². The Labute approximate surface area is 179 Å². The van der Waals surface area contributed by atoms with Crippen LogP contribution in [0, 0.1) is 5.82 Å². The molecule has 0 bridgehead atoms. The second kappa shape index (κ2) is 10.4. The molecular formula is C21H19F4N3O4. The van der Waals surface area contributed by atoms with Gasteiger partial charge in [-0.2, -0.15) is 18.3 Å². The predicted octanol–water partition coefficient (Wildman–Crippen LogP) is 3.96. The van der Waals surface area contributed by atoms with Gasteiger partial charge in [-0.3, -0.25) is 14.3 Å². The van der Waals surface area contributed by atoms with Crippen molar-refractivity contribution in [3.63, 3.8) is 0 Å². The molecule has 0 saturated carbocycles. The highest BCUT2D eigenvalue weighted by Crippen LogP contribution is 2.29. The molecule has 1 aromatic heterocycles. The number of aldehydes is 1. The number of carbonyl (C=O) groups is 2. The summed E-state index contributed by atoms with van der Waals surface area (Å²) in [6.07, 6.45) is -2.62. The molecule has 0 aliphatic heterocycles. The first kappa shape index (κ1) is 24.4. The molecule has 3 aromatic rings. The maximum atomic E-state index is 12.9. The number of carbonyl (C=O) groups excluding carboxylic acids is 1. The van der Waals surface area contributed by atoms with Crippen molar-refractivity contribution in [2.24, 2.45) is 0 Å². The molecule has 0 atom stereocenters. The predicted molar refractivity (Wildman–Crippen MR) is 107 cm³/mol. The van der Waals surface area contributed by atoms with Gasteiger partial charge in [0, 0.05) is 24.5 Å². The number of carboxylic acid groups (broad SMARTS) is 1. The minimum atomic E-state index is -4.24. The molecule has 3 rings (SSSR count). The summed E-state index contributed by atoms with van der Waals surface area (Å²) < 4.78 is 50.3. The Morgan fingerprint density at radius 3 is 2.34 bits per heavy atom. The number of phenols is 1. The van der Waals surface area contributed by atoms with Crippen LogP contribution in [0.5, 0.6) is 5.75 Å². The largest absolute Gasteiger partial charge is 0.505 e. The van der Waals surface area contributed by atoms with Gasteiger partial charge in [0.2, 0.25) is 0 Å². The maximum absolute atomic E-state index is 12.9. The van der Waals surface area contributed by atoms with Gasteiger partial charge in [0.05, 0.1) is 18.5 Å². The molecule has 7 nitrogen and oxygen atoms in total. The van der Waals surface area contributed by atoms with Gasteiger partial charge in [-0.1, -0.05) is 6.07 Å². The van der Waals surface area contributed by atoms with E-state index in [9.17, 15) is 32.3 Å². The average molecular weight is 453 g/mol. The minimum Gasteiger partial charge on any atom is -0.505 e. The molecule has 0 aliphatic rings. The van der Waals surface area contributed by atoms with Gasteiger partial charge >= 0.3 is 12.1 Å². The van der Waals surface area contributed by atoms with E-state index in [1.165, 1.54) is 35.1 Å². The minimum absolute atomic E-state index is 0.0544. The normalized spacial score (nSPS) is 10.8. The van der Waals surface area contributed by atoms with Crippen molar-refractivity contribution >= 4 is 17.9 Å². The van der Waals surface area contributed by atoms with E-state index in [-0.39, 0.29) is 18.7 Å². The average Bonchev–Trinajstić information content (AvgIpc) is 3.11. The fourth-order valence-corrected chi connectivity index (χ4v) is 2.63. The van der Waals surface area contributed by atoms with E-state index in [0.29, 0.717) is 23.1 Å². The molecule has 0 aliphatic carbocycles. The number of halogens is 4. The fourth-order valence-electron chi connectivity index (χ4n) is 2.63. The molecule has 0 saturated heterocycles. The van der Waals surface area contributed by atoms with Crippen LogP contribution in [0.15, 0.2) is 48.7 Å². The van der Waals surface area contributed by atoms with E-state index < -0.39 is 29.3 Å². The zero-order valence-electron chi connectivity index (χ0n) is 16.7. The van der Waals surface area contributed by atoms with Crippen molar-refractivity contribution in [2.75, 3.05) is 12.4 Å². The number of aromatic hydroxyl groups is 1. The van der Waals surface area contributed by atoms with Crippen LogP contribution in [0.2, 0.25) is 0 Å². The van der Waals surface area contributed by atoms with E-state index in [0.717, 1.165) is 18.2 Å². The van der Waals surface area contributed by atoms with E-state index in [2.05, 4.69) is 10.4 Å². The lowest BCUT2D eigenvalue weighted by Crippen LogP contribution is -2.04. The van der Waals surface area contributed by atoms with Crippen LogP contribution in [0.1, 0.15) is 27.2 Å². The van der Waals surface area contributed by atoms with Gasteiger partial charge < -0.3 is 15.5 Å². The van der Waals surface area contributed by atoms with Crippen molar-refractivity contribution in [1.29, 1.82) is 0 Å². The number of benzene rings is 2. The van der Waals surface area contributed by atoms with E-state index >= 15 is 0 Å². The number of hydrogen-bond acceptors (Lipinski definition) is 5. The summed E-state index contributed by atoms with van der Waals surface area (Å²) >= 11 is 0. The van der Waals surface area contributed by atoms with Crippen molar-refractivity contribution < 1.29 is 37.4 Å². The number of anilines is 1. The first-order chi connectivity index (χ1) is 15.0. The fraction of sp³-hybridized carbons (Fsp3) is 0.190. The third-order valence-electron chi connectivity index (χ3n) is 4.18. The van der Waals surface area contributed by atoms with Crippen molar-refractivity contribution in [2.45, 2.75) is 19.1 Å². The molecule has 0 amide bonds. The molecule has 32 heavy (non-hydrogen) atoms. The van der Waals surface area contributed by atoms with Gasteiger partial charge in [0.25, 0.3) is 0 Å². The first-order valence-electron chi connectivity index (χ1n) is 9.09. The lowest BCUT2D eigenvalue weighted by molar-refractivity contribution is -0.138. The summed E-state index contributed by atoms with van der Waals surface area (Å²) in [5.41, 5.74) is 0.979. The number of alkyl halides is 3. The summed E-state index contributed by atoms with van der Waals surface area (Å²) in [6.45, 7) is 0.189. The third kappa shape index (κ3) is 6.83. The van der Waals surface area contributed by atoms with Gasteiger partial charge in [0.15, 0.2) is 17.9 Å². The molecule has 0 fully saturated rings. The molecule has 0 unspecified atom stereocenters. The highest BCUT2D eigenvalue weighted by Gasteiger charge is 2.29. The molecule has 2 aromatic carbocycles. The summed E-state index contributed by atoms with van der Waals surface area (Å²) in [7, 11) is 1.66. The molecule has 0 radical (unpaired) electrons. The lowest BCUT2D eigenvalue weighted by Gasteiger charge is -2.06. The van der Waals surface area contributed by atoms with Crippen LogP contribution in [-0.2, 0) is 23.9 Å². The molecule has 0 spiro atoms. The number of carboxylic acids is 1. The third-order valence-corrected chi connectivity index (χ3v) is 4.18. The SMILES string of the molecule is CNc1ccc(C(F)(F)F)cc1.O=Cc1nn(Cc2ccc(F)c(O)c2)cc1CC(=O)O. The molecular weight excluding hydrogens is 434 g/mol. The monoisotopic (exact) mass is 453 g/mol. The van der Waals surface area contributed by atoms with Crippen LogP contribution in [-0.4, -0.2) is 39.3 Å². The Balaban J connectivity index is 0.000000258. The highest BCUT2D eigenvalue weighted by molar-refractivity contribution is 5.78. The summed E-state index contributed by atoms with van der Waals surface area (Å²) in [4.78, 5) is 21.5. The van der Waals surface area contributed by atoms with Gasteiger partial charge in [-0.05, 0) is 42.0 Å². The lowest BCUT2D eigenvalue weighted by atomic mass is 10.2. The Morgan fingerprint density at radius 2 is 1.84 bits per heavy atom. The van der Waals surface area contributed by atoms with Crippen LogP contribution in [0.4, 0.5) is 23.2 Å². The van der Waals surface area contributed by atoms with E-state index in [1.54, 1.807) is 7.05 Å². The summed E-state index contributed by atoms with van der Waals surface area (Å²) in [6, 6.07) is 8.71. The van der Waals surface area contributed by atoms with Crippen molar-refractivity contribution in [3.05, 3.63) is 76.9 Å². The van der Waals surface area contributed by atoms with E-state index in [4.69, 9.17) is 5.11 Å². The number of rotatable bonds is 6. The zero-order chi connectivity index (χ0) is 23.9. The molecule has 3 N–H and O–H groups in total. The Kier molecular flexibility index (Phi) is 7.94. The van der Waals surface area contributed by atoms with Crippen molar-refractivity contribution in [1.82, 2.24) is 9.78 Å². The van der Waals surface area contributed by atoms with Crippen LogP contribution in [0.25, 0.3) is 0 Å². The quantitative estimate of drug-likeness (QED) is 0.386. The van der Waals surface area contributed by atoms with E-state index in [1.807, 2.05) is 0 Å². The number of nitrogens with one attached hydrogen (secondary N) is 1. The number of hydrogen-bond donors (Lipinski definition) is 3. The van der Waals surface area contributed by atoms with Crippen LogP contribution in [0.3, 0.4) is 0 Å². The second-order valence-corrected chi connectivity index (χ2v) is 6.54. The Hall–Kier alpha value is -3.89. The smallest absolute Gasteiger partial charge is 0.416 e. The first-order valence-corrected chi connectivity index (χ1v) is 9.09. The van der Waals surface area contributed by atoms with Crippen LogP contribution >= 0.6 is 0 Å². The van der Waals surface area contributed by atoms with Gasteiger partial charge in [0.1, 0.15) is 5.69 Å². The van der Waals surface area contributed by atoms with Gasteiger partial charge in [-0.25, -0.2) is 4.39 Å². The van der Waals surface area contributed by atoms with Crippen LogP contribution < -0.4 is 5.32 Å². The Bertz CT molecular complexity index is 1080. The Morgan fingerprint density at radius 1 is 1.19 bits per heavy atom. The molecule has 11 heteroatoms. The van der Waals surface area contributed by atoms with Crippen molar-refractivity contribution in [3.8, 4) is 5.75 Å². The summed E-state index contributed by atoms with van der Waals surface area (Å²) in [5, 5.41) is 24.7. The number of nitrogens with zero attached hydrogens (tertiary/aromatic N) is 2. The highest BCUT2D eigenvalue weighted by atomic mass is 19.4. The topological polar surface area (TPSA) is 104 Å². The molecule has 170 valence electrons. The summed E-state index contributed by atoms with van der Waals surface area (Å²) in [5.74, 6) is -2.27. The number of phenolic OH excluding ortho intramolecular Hbond substituents is 1. The zero-order valence-corrected chi connectivity index (χ0v) is 16.7. The standard InChI is InChI=1S/C13H11FN2O4.C8H8F3N/c14-10-2-1-8(3-12(10)18)5-16-6-9(4-13(19)20)11(7-17)15-16;1-12-7-4-2-6(3-5-7)8(9,10)11/h1-3,6-7,18H,4-5H2,(H,19,20);2-5,12H,1H3.